The van der Waals surface area contributed by atoms with E-state index in [9.17, 15) is 0 Å². The lowest BCUT2D eigenvalue weighted by Crippen LogP contribution is -2.44. The maximum Gasteiger partial charge on any atom is 0.142 e. The van der Waals surface area contributed by atoms with Crippen LogP contribution in [-0.4, -0.2) is 51.3 Å². The van der Waals surface area contributed by atoms with Gasteiger partial charge in [0.05, 0.1) is 12.3 Å². The summed E-state index contributed by atoms with van der Waals surface area (Å²) in [4.78, 5) is 4.79. The summed E-state index contributed by atoms with van der Waals surface area (Å²) in [6.07, 6.45) is 3.31. The molecule has 20 heavy (non-hydrogen) atoms. The van der Waals surface area contributed by atoms with Gasteiger partial charge in [-0.2, -0.15) is 0 Å². The van der Waals surface area contributed by atoms with Crippen molar-refractivity contribution in [2.75, 3.05) is 51.3 Å². The van der Waals surface area contributed by atoms with E-state index < -0.39 is 0 Å². The van der Waals surface area contributed by atoms with Crippen LogP contribution in [0, 0.1) is 0 Å². The highest BCUT2D eigenvalue weighted by atomic mass is 16.5. The van der Waals surface area contributed by atoms with Crippen molar-refractivity contribution in [3.8, 4) is 5.75 Å². The largest absolute Gasteiger partial charge is 0.491 e. The van der Waals surface area contributed by atoms with Gasteiger partial charge in [0.25, 0.3) is 0 Å². The number of piperazine rings is 1. The molecule has 0 aromatic heterocycles. The maximum atomic E-state index is 5.97. The van der Waals surface area contributed by atoms with Crippen LogP contribution in [0.1, 0.15) is 19.3 Å². The highest BCUT2D eigenvalue weighted by Crippen LogP contribution is 2.28. The second kappa shape index (κ2) is 8.12. The van der Waals surface area contributed by atoms with E-state index in [2.05, 4.69) is 41.1 Å². The Morgan fingerprint density at radius 2 is 1.80 bits per heavy atom. The number of hydrogen-bond acceptors (Lipinski definition) is 4. The van der Waals surface area contributed by atoms with Crippen molar-refractivity contribution in [2.45, 2.75) is 19.3 Å². The lowest BCUT2D eigenvalue weighted by atomic mass is 10.2. The standard InChI is InChI=1S/C16H27N3O/c1-18-10-12-19(13-11-18)15-7-3-4-8-16(15)20-14-6-2-5-9-17/h3-4,7-8H,2,5-6,9-14,17H2,1H3. The first-order chi connectivity index (χ1) is 9.81. The van der Waals surface area contributed by atoms with E-state index >= 15 is 0 Å². The SMILES string of the molecule is CN1CCN(c2ccccc2OCCCCCN)CC1. The summed E-state index contributed by atoms with van der Waals surface area (Å²) in [5.74, 6) is 1.02. The average Bonchev–Trinajstić information content (AvgIpc) is 2.48. The molecule has 1 saturated heterocycles. The molecule has 1 aromatic rings. The molecule has 2 N–H and O–H groups in total. The lowest BCUT2D eigenvalue weighted by molar-refractivity contribution is 0.296. The number of nitrogens with zero attached hydrogens (tertiary/aromatic N) is 2. The summed E-state index contributed by atoms with van der Waals surface area (Å²) in [5, 5.41) is 0. The first kappa shape index (κ1) is 15.1. The zero-order chi connectivity index (χ0) is 14.2. The number of likely N-dealkylation sites (N-methyl/N-ethyl adjacent to an activating group) is 1. The van der Waals surface area contributed by atoms with Crippen LogP contribution in [0.15, 0.2) is 24.3 Å². The summed E-state index contributed by atoms with van der Waals surface area (Å²) in [6.45, 7) is 5.94. The molecular formula is C16H27N3O. The van der Waals surface area contributed by atoms with Crippen LogP contribution < -0.4 is 15.4 Å². The molecule has 0 spiro atoms. The Hall–Kier alpha value is -1.26. The van der Waals surface area contributed by atoms with E-state index in [0.29, 0.717) is 0 Å². The summed E-state index contributed by atoms with van der Waals surface area (Å²) in [5.41, 5.74) is 6.74. The van der Waals surface area contributed by atoms with Crippen LogP contribution in [-0.2, 0) is 0 Å². The average molecular weight is 277 g/mol. The van der Waals surface area contributed by atoms with Gasteiger partial charge in [0.1, 0.15) is 5.75 Å². The fraction of sp³-hybridized carbons (Fsp3) is 0.625. The molecule has 0 radical (unpaired) electrons. The molecule has 2 rings (SSSR count). The maximum absolute atomic E-state index is 5.97. The Kier molecular flexibility index (Phi) is 6.15. The molecule has 1 aliphatic rings. The minimum atomic E-state index is 0.776. The second-order valence-corrected chi connectivity index (χ2v) is 5.46. The van der Waals surface area contributed by atoms with E-state index in [1.165, 1.54) is 5.69 Å². The van der Waals surface area contributed by atoms with Crippen LogP contribution in [0.3, 0.4) is 0 Å². The highest BCUT2D eigenvalue weighted by Gasteiger charge is 2.17. The molecule has 1 fully saturated rings. The van der Waals surface area contributed by atoms with E-state index in [-0.39, 0.29) is 0 Å². The van der Waals surface area contributed by atoms with Gasteiger partial charge in [-0.1, -0.05) is 12.1 Å². The smallest absolute Gasteiger partial charge is 0.142 e. The summed E-state index contributed by atoms with van der Waals surface area (Å²) in [6, 6.07) is 8.39. The number of unbranched alkanes of at least 4 members (excludes halogenated alkanes) is 2. The number of anilines is 1. The molecule has 0 atom stereocenters. The molecule has 1 aromatic carbocycles. The first-order valence-electron chi connectivity index (χ1n) is 7.66. The van der Waals surface area contributed by atoms with Crippen LogP contribution >= 0.6 is 0 Å². The monoisotopic (exact) mass is 277 g/mol. The number of benzene rings is 1. The van der Waals surface area contributed by atoms with Crippen molar-refractivity contribution in [1.29, 1.82) is 0 Å². The molecular weight excluding hydrogens is 250 g/mol. The van der Waals surface area contributed by atoms with Crippen LogP contribution in [0.2, 0.25) is 0 Å². The predicted molar refractivity (Wildman–Crippen MR) is 84.6 cm³/mol. The van der Waals surface area contributed by atoms with Gasteiger partial charge in [-0.25, -0.2) is 0 Å². The van der Waals surface area contributed by atoms with Gasteiger partial charge in [-0.3, -0.25) is 0 Å². The van der Waals surface area contributed by atoms with Crippen molar-refractivity contribution >= 4 is 5.69 Å². The van der Waals surface area contributed by atoms with Gasteiger partial charge >= 0.3 is 0 Å². The van der Waals surface area contributed by atoms with Crippen LogP contribution in [0.25, 0.3) is 0 Å². The molecule has 0 saturated carbocycles. The van der Waals surface area contributed by atoms with Crippen LogP contribution in [0.5, 0.6) is 5.75 Å². The first-order valence-corrected chi connectivity index (χ1v) is 7.66. The molecule has 0 amide bonds. The van der Waals surface area contributed by atoms with Gasteiger partial charge < -0.3 is 20.3 Å². The fourth-order valence-electron chi connectivity index (χ4n) is 2.49. The Balaban J connectivity index is 1.89. The normalized spacial score (nSPS) is 16.4. The molecule has 112 valence electrons. The number of hydrogen-bond donors (Lipinski definition) is 1. The number of rotatable bonds is 7. The zero-order valence-corrected chi connectivity index (χ0v) is 12.6. The minimum absolute atomic E-state index is 0.776. The lowest BCUT2D eigenvalue weighted by Gasteiger charge is -2.34. The van der Waals surface area contributed by atoms with Crippen molar-refractivity contribution < 1.29 is 4.74 Å². The summed E-state index contributed by atoms with van der Waals surface area (Å²) >= 11 is 0. The highest BCUT2D eigenvalue weighted by molar-refractivity contribution is 5.58. The predicted octanol–water partition coefficient (Wildman–Crippen LogP) is 1.95. The third-order valence-corrected chi connectivity index (χ3v) is 3.82. The quantitative estimate of drug-likeness (QED) is 0.774. The third-order valence-electron chi connectivity index (χ3n) is 3.82. The number of nitrogens with two attached hydrogens (primary N) is 1. The molecule has 0 bridgehead atoms. The van der Waals surface area contributed by atoms with Gasteiger partial charge in [0, 0.05) is 26.2 Å². The Morgan fingerprint density at radius 3 is 2.55 bits per heavy atom. The molecule has 1 aliphatic heterocycles. The summed E-state index contributed by atoms with van der Waals surface area (Å²) in [7, 11) is 2.18. The van der Waals surface area contributed by atoms with E-state index in [4.69, 9.17) is 10.5 Å². The van der Waals surface area contributed by atoms with Crippen molar-refractivity contribution in [1.82, 2.24) is 4.90 Å². The van der Waals surface area contributed by atoms with Gasteiger partial charge in [-0.05, 0) is 45.0 Å². The van der Waals surface area contributed by atoms with E-state index in [1.54, 1.807) is 0 Å². The fourth-order valence-corrected chi connectivity index (χ4v) is 2.49. The Labute approximate surface area is 122 Å². The van der Waals surface area contributed by atoms with Gasteiger partial charge in [0.2, 0.25) is 0 Å². The molecule has 4 heteroatoms. The summed E-state index contributed by atoms with van der Waals surface area (Å²) < 4.78 is 5.97. The minimum Gasteiger partial charge on any atom is -0.491 e. The zero-order valence-electron chi connectivity index (χ0n) is 12.6. The van der Waals surface area contributed by atoms with Crippen molar-refractivity contribution in [3.63, 3.8) is 0 Å². The second-order valence-electron chi connectivity index (χ2n) is 5.46. The number of para-hydroxylation sites is 2. The van der Waals surface area contributed by atoms with Gasteiger partial charge in [0.15, 0.2) is 0 Å². The molecule has 1 heterocycles. The molecule has 4 nitrogen and oxygen atoms in total. The van der Waals surface area contributed by atoms with Crippen LogP contribution in [0.4, 0.5) is 5.69 Å². The Bertz CT molecular complexity index is 389. The Morgan fingerprint density at radius 1 is 1.05 bits per heavy atom. The van der Waals surface area contributed by atoms with E-state index in [1.807, 2.05) is 0 Å². The topological polar surface area (TPSA) is 41.7 Å². The van der Waals surface area contributed by atoms with Gasteiger partial charge in [-0.15, -0.1) is 0 Å². The molecule has 0 unspecified atom stereocenters. The van der Waals surface area contributed by atoms with Crippen molar-refractivity contribution in [3.05, 3.63) is 24.3 Å². The third kappa shape index (κ3) is 4.39. The van der Waals surface area contributed by atoms with E-state index in [0.717, 1.165) is 64.3 Å². The van der Waals surface area contributed by atoms with Crippen molar-refractivity contribution in [2.24, 2.45) is 5.73 Å². The molecule has 0 aliphatic carbocycles. The number of ether oxygens (including phenoxy) is 1.